The molecule has 0 heterocycles. The molecule has 1 aromatic carbocycles. The van der Waals surface area contributed by atoms with E-state index >= 15 is 0 Å². The molecule has 0 aliphatic heterocycles. The number of carbonyl (C=O) groups excluding carboxylic acids is 1. The lowest BCUT2D eigenvalue weighted by molar-refractivity contribution is 0.0636. The van der Waals surface area contributed by atoms with E-state index in [-0.39, 0.29) is 5.92 Å². The largest absolute Gasteiger partial charge is 0.444 e. The Labute approximate surface area is 121 Å². The zero-order valence-electron chi connectivity index (χ0n) is 11.5. The summed E-state index contributed by atoms with van der Waals surface area (Å²) in [5.74, 6) is -0.229. The molecule has 0 fully saturated rings. The fraction of sp³-hybridized carbons (Fsp3) is 0.429. The molecule has 0 saturated carbocycles. The Hall–Kier alpha value is -1.54. The molecular weight excluding hydrogens is 308 g/mol. The van der Waals surface area contributed by atoms with Crippen LogP contribution >= 0.6 is 15.9 Å². The number of halogens is 1. The highest BCUT2D eigenvalue weighted by Gasteiger charge is 2.17. The number of anilines is 1. The summed E-state index contributed by atoms with van der Waals surface area (Å²) < 4.78 is 5.93. The molecule has 0 bridgehead atoms. The Balaban J connectivity index is 2.89. The van der Waals surface area contributed by atoms with Crippen molar-refractivity contribution in [3.05, 3.63) is 28.2 Å². The van der Waals surface area contributed by atoms with E-state index in [0.717, 1.165) is 10.0 Å². The van der Waals surface area contributed by atoms with Gasteiger partial charge in [0.2, 0.25) is 0 Å². The van der Waals surface area contributed by atoms with Crippen LogP contribution in [-0.2, 0) is 4.74 Å². The lowest BCUT2D eigenvalue weighted by Gasteiger charge is -2.20. The number of amides is 1. The molecule has 5 heteroatoms. The summed E-state index contributed by atoms with van der Waals surface area (Å²) >= 11 is 3.36. The normalized spacial score (nSPS) is 12.4. The van der Waals surface area contributed by atoms with Crippen molar-refractivity contribution in [1.29, 1.82) is 5.26 Å². The third-order valence-corrected chi connectivity index (χ3v) is 3.01. The molecule has 102 valence electrons. The van der Waals surface area contributed by atoms with Gasteiger partial charge in [-0.25, -0.2) is 4.79 Å². The zero-order valence-corrected chi connectivity index (χ0v) is 13.0. The second kappa shape index (κ2) is 6.07. The van der Waals surface area contributed by atoms with Crippen molar-refractivity contribution >= 4 is 27.7 Å². The summed E-state index contributed by atoms with van der Waals surface area (Å²) in [6.07, 6.45) is -0.519. The van der Waals surface area contributed by atoms with E-state index in [1.165, 1.54) is 0 Å². The smallest absolute Gasteiger partial charge is 0.412 e. The molecule has 0 aromatic heterocycles. The highest BCUT2D eigenvalue weighted by molar-refractivity contribution is 9.10. The van der Waals surface area contributed by atoms with Gasteiger partial charge in [0.15, 0.2) is 0 Å². The molecule has 1 unspecified atom stereocenters. The highest BCUT2D eigenvalue weighted by atomic mass is 79.9. The number of nitrogens with zero attached hydrogens (tertiary/aromatic N) is 1. The molecule has 1 N–H and O–H groups in total. The first-order valence-corrected chi connectivity index (χ1v) is 6.71. The third kappa shape index (κ3) is 4.92. The topological polar surface area (TPSA) is 62.1 Å². The minimum atomic E-state index is -0.548. The van der Waals surface area contributed by atoms with Crippen LogP contribution in [0.25, 0.3) is 0 Å². The first kappa shape index (κ1) is 15.5. The Morgan fingerprint density at radius 3 is 2.63 bits per heavy atom. The number of benzene rings is 1. The zero-order chi connectivity index (χ0) is 14.6. The van der Waals surface area contributed by atoms with Crippen LogP contribution in [0, 0.1) is 11.3 Å². The molecule has 19 heavy (non-hydrogen) atoms. The van der Waals surface area contributed by atoms with Gasteiger partial charge in [0.05, 0.1) is 17.7 Å². The van der Waals surface area contributed by atoms with Crippen LogP contribution in [0.2, 0.25) is 0 Å². The van der Waals surface area contributed by atoms with Gasteiger partial charge in [-0.2, -0.15) is 5.26 Å². The maximum Gasteiger partial charge on any atom is 0.412 e. The van der Waals surface area contributed by atoms with Crippen molar-refractivity contribution in [2.45, 2.75) is 39.2 Å². The number of rotatable bonds is 2. The summed E-state index contributed by atoms with van der Waals surface area (Å²) in [4.78, 5) is 11.7. The predicted octanol–water partition coefficient (Wildman–Crippen LogP) is 4.42. The Bertz CT molecular complexity index is 515. The predicted molar refractivity (Wildman–Crippen MR) is 78.0 cm³/mol. The molecule has 1 amide bonds. The maximum absolute atomic E-state index is 11.7. The summed E-state index contributed by atoms with van der Waals surface area (Å²) in [5.41, 5.74) is 0.888. The number of nitrogens with one attached hydrogen (secondary N) is 1. The van der Waals surface area contributed by atoms with Crippen LogP contribution in [0.5, 0.6) is 0 Å². The highest BCUT2D eigenvalue weighted by Crippen LogP contribution is 2.27. The van der Waals surface area contributed by atoms with E-state index in [9.17, 15) is 4.79 Å². The van der Waals surface area contributed by atoms with Crippen molar-refractivity contribution < 1.29 is 9.53 Å². The molecule has 0 aliphatic carbocycles. The van der Waals surface area contributed by atoms with Crippen molar-refractivity contribution in [3.8, 4) is 6.07 Å². The van der Waals surface area contributed by atoms with Crippen LogP contribution in [0.15, 0.2) is 22.7 Å². The SMILES string of the molecule is CC(C#N)c1ccc(Br)c(NC(=O)OC(C)(C)C)c1. The second-order valence-corrected chi connectivity index (χ2v) is 6.07. The minimum Gasteiger partial charge on any atom is -0.444 e. The molecule has 1 rings (SSSR count). The average Bonchev–Trinajstić information content (AvgIpc) is 2.28. The van der Waals surface area contributed by atoms with Crippen LogP contribution in [0.3, 0.4) is 0 Å². The lowest BCUT2D eigenvalue weighted by Crippen LogP contribution is -2.27. The van der Waals surface area contributed by atoms with Crippen LogP contribution in [0.1, 0.15) is 39.2 Å². The minimum absolute atomic E-state index is 0.229. The second-order valence-electron chi connectivity index (χ2n) is 5.22. The Kier molecular flexibility index (Phi) is 4.96. The summed E-state index contributed by atoms with van der Waals surface area (Å²) in [6.45, 7) is 7.21. The van der Waals surface area contributed by atoms with Crippen molar-refractivity contribution in [2.24, 2.45) is 0 Å². The number of nitriles is 1. The van der Waals surface area contributed by atoms with Gasteiger partial charge in [-0.05, 0) is 61.3 Å². The van der Waals surface area contributed by atoms with Gasteiger partial charge in [0, 0.05) is 4.47 Å². The van der Waals surface area contributed by atoms with Gasteiger partial charge in [-0.15, -0.1) is 0 Å². The van der Waals surface area contributed by atoms with Crippen molar-refractivity contribution in [2.75, 3.05) is 5.32 Å². The van der Waals surface area contributed by atoms with E-state index in [0.29, 0.717) is 5.69 Å². The van der Waals surface area contributed by atoms with Crippen LogP contribution in [-0.4, -0.2) is 11.7 Å². The molecule has 0 spiro atoms. The van der Waals surface area contributed by atoms with Gasteiger partial charge >= 0.3 is 6.09 Å². The fourth-order valence-corrected chi connectivity index (χ4v) is 1.74. The average molecular weight is 325 g/mol. The van der Waals surface area contributed by atoms with Crippen molar-refractivity contribution in [3.63, 3.8) is 0 Å². The van der Waals surface area contributed by atoms with Gasteiger partial charge in [-0.1, -0.05) is 6.07 Å². The van der Waals surface area contributed by atoms with E-state index in [1.807, 2.05) is 6.07 Å². The summed E-state index contributed by atoms with van der Waals surface area (Å²) in [7, 11) is 0. The molecule has 0 saturated heterocycles. The first-order valence-electron chi connectivity index (χ1n) is 5.92. The molecule has 0 radical (unpaired) electrons. The summed E-state index contributed by atoms with van der Waals surface area (Å²) in [6, 6.07) is 7.57. The Morgan fingerprint density at radius 2 is 2.11 bits per heavy atom. The number of carbonyl (C=O) groups is 1. The molecular formula is C14H17BrN2O2. The van der Waals surface area contributed by atoms with Crippen molar-refractivity contribution in [1.82, 2.24) is 0 Å². The van der Waals surface area contributed by atoms with E-state index < -0.39 is 11.7 Å². The molecule has 0 aliphatic rings. The van der Waals surface area contributed by atoms with Gasteiger partial charge in [-0.3, -0.25) is 5.32 Å². The lowest BCUT2D eigenvalue weighted by atomic mass is 10.0. The third-order valence-electron chi connectivity index (χ3n) is 2.32. The quantitative estimate of drug-likeness (QED) is 0.875. The van der Waals surface area contributed by atoms with Gasteiger partial charge in [0.1, 0.15) is 5.60 Å². The first-order chi connectivity index (χ1) is 8.73. The molecule has 4 nitrogen and oxygen atoms in total. The van der Waals surface area contributed by atoms with E-state index in [4.69, 9.17) is 10.00 Å². The number of hydrogen-bond donors (Lipinski definition) is 1. The van der Waals surface area contributed by atoms with Gasteiger partial charge < -0.3 is 4.74 Å². The standard InChI is InChI=1S/C14H17BrN2O2/c1-9(8-16)10-5-6-11(15)12(7-10)17-13(18)19-14(2,3)4/h5-7,9H,1-4H3,(H,17,18). The number of hydrogen-bond acceptors (Lipinski definition) is 3. The van der Waals surface area contributed by atoms with E-state index in [1.54, 1.807) is 39.8 Å². The molecule has 1 aromatic rings. The Morgan fingerprint density at radius 1 is 1.47 bits per heavy atom. The maximum atomic E-state index is 11.7. The van der Waals surface area contributed by atoms with E-state index in [2.05, 4.69) is 27.3 Å². The van der Waals surface area contributed by atoms with Crippen LogP contribution in [0.4, 0.5) is 10.5 Å². The van der Waals surface area contributed by atoms with Gasteiger partial charge in [0.25, 0.3) is 0 Å². The summed E-state index contributed by atoms with van der Waals surface area (Å²) in [5, 5.41) is 11.6. The fourth-order valence-electron chi connectivity index (χ4n) is 1.40. The van der Waals surface area contributed by atoms with Crippen LogP contribution < -0.4 is 5.32 Å². The molecule has 1 atom stereocenters. The monoisotopic (exact) mass is 324 g/mol. The number of ether oxygens (including phenoxy) is 1.